The Morgan fingerprint density at radius 1 is 0.938 bits per heavy atom. The van der Waals surface area contributed by atoms with Crippen molar-refractivity contribution in [3.63, 3.8) is 0 Å². The molecule has 32 heavy (non-hydrogen) atoms. The first-order valence-corrected chi connectivity index (χ1v) is 11.8. The Hall–Kier alpha value is -0.540. The van der Waals surface area contributed by atoms with Gasteiger partial charge in [0, 0.05) is 18.4 Å². The highest BCUT2D eigenvalue weighted by atomic mass is 16.6. The van der Waals surface area contributed by atoms with Gasteiger partial charge in [-0.1, -0.05) is 33.8 Å². The van der Waals surface area contributed by atoms with E-state index in [9.17, 15) is 10.2 Å². The van der Waals surface area contributed by atoms with Crippen LogP contribution in [0, 0.1) is 11.3 Å². The topological polar surface area (TPSA) is 97.6 Å². The zero-order chi connectivity index (χ0) is 24.9. The van der Waals surface area contributed by atoms with Crippen LogP contribution >= 0.6 is 0 Å². The van der Waals surface area contributed by atoms with Crippen LogP contribution < -0.4 is 0 Å². The van der Waals surface area contributed by atoms with Crippen molar-refractivity contribution in [1.82, 2.24) is 0 Å². The summed E-state index contributed by atoms with van der Waals surface area (Å²) in [7, 11) is 0. The third-order valence-electron chi connectivity index (χ3n) is 6.07. The number of ether oxygens (including phenoxy) is 4. The number of aliphatic hydroxyl groups excluding tert-OH is 3. The molecule has 5 atom stereocenters. The van der Waals surface area contributed by atoms with Gasteiger partial charge < -0.3 is 34.3 Å². The van der Waals surface area contributed by atoms with Crippen LogP contribution in [0.4, 0.5) is 0 Å². The van der Waals surface area contributed by atoms with Crippen LogP contribution in [-0.2, 0) is 18.9 Å². The van der Waals surface area contributed by atoms with Crippen molar-refractivity contribution in [3.8, 4) is 0 Å². The molecule has 0 aliphatic heterocycles. The van der Waals surface area contributed by atoms with Crippen molar-refractivity contribution in [2.45, 2.75) is 104 Å². The summed E-state index contributed by atoms with van der Waals surface area (Å²) >= 11 is 0. The lowest BCUT2D eigenvalue weighted by Gasteiger charge is -2.43. The first kappa shape index (κ1) is 31.5. The first-order chi connectivity index (χ1) is 14.8. The van der Waals surface area contributed by atoms with Crippen LogP contribution in [0.3, 0.4) is 0 Å². The van der Waals surface area contributed by atoms with E-state index < -0.39 is 23.2 Å². The smallest absolute Gasteiger partial charge is 0.110 e. The standard InChI is InChI=1S/C25H50O7/c1-10-12-29-17-23(25(8,9)30-13-11-18(2)3)32-20(5)24(6,7)22(16-27)31-19(4)14-21(28)15-26/h10,18-23,26-28H,1,11-17H2,2-9H3. The largest absolute Gasteiger partial charge is 0.394 e. The zero-order valence-corrected chi connectivity index (χ0v) is 21.7. The Bertz CT molecular complexity index is 493. The lowest BCUT2D eigenvalue weighted by atomic mass is 9.81. The molecule has 0 saturated heterocycles. The fourth-order valence-corrected chi connectivity index (χ4v) is 3.24. The number of rotatable bonds is 19. The van der Waals surface area contributed by atoms with Crippen molar-refractivity contribution in [2.24, 2.45) is 11.3 Å². The minimum atomic E-state index is -0.851. The van der Waals surface area contributed by atoms with E-state index in [1.54, 1.807) is 6.08 Å². The average Bonchev–Trinajstić information content (AvgIpc) is 2.70. The molecule has 0 aromatic carbocycles. The van der Waals surface area contributed by atoms with Crippen LogP contribution in [0.15, 0.2) is 12.7 Å². The van der Waals surface area contributed by atoms with Gasteiger partial charge in [0.15, 0.2) is 0 Å². The Balaban J connectivity index is 5.32. The van der Waals surface area contributed by atoms with Gasteiger partial charge in [0.25, 0.3) is 0 Å². The highest BCUT2D eigenvalue weighted by Gasteiger charge is 2.41. The SMILES string of the molecule is C=CCOCC(OC(C)C(C)(C)C(CO)OC(C)CC(O)CO)C(C)(C)OCCC(C)C. The molecule has 0 heterocycles. The van der Waals surface area contributed by atoms with Crippen LogP contribution in [0.25, 0.3) is 0 Å². The molecule has 0 aromatic heterocycles. The van der Waals surface area contributed by atoms with E-state index in [0.29, 0.717) is 25.7 Å². The molecule has 0 aliphatic rings. The molecule has 0 aliphatic carbocycles. The van der Waals surface area contributed by atoms with Gasteiger partial charge in [0.1, 0.15) is 6.10 Å². The summed E-state index contributed by atoms with van der Waals surface area (Å²) in [6.07, 6.45) is 0.625. The maximum atomic E-state index is 10.0. The lowest BCUT2D eigenvalue weighted by molar-refractivity contribution is -0.205. The number of aliphatic hydroxyl groups is 3. The van der Waals surface area contributed by atoms with E-state index in [2.05, 4.69) is 20.4 Å². The van der Waals surface area contributed by atoms with Crippen LogP contribution in [0.5, 0.6) is 0 Å². The van der Waals surface area contributed by atoms with Gasteiger partial charge in [-0.15, -0.1) is 6.58 Å². The van der Waals surface area contributed by atoms with Gasteiger partial charge >= 0.3 is 0 Å². The maximum Gasteiger partial charge on any atom is 0.110 e. The van der Waals surface area contributed by atoms with Gasteiger partial charge in [-0.3, -0.25) is 0 Å². The molecule has 0 spiro atoms. The van der Waals surface area contributed by atoms with Crippen molar-refractivity contribution < 1.29 is 34.3 Å². The molecular formula is C25H50O7. The molecule has 7 nitrogen and oxygen atoms in total. The summed E-state index contributed by atoms with van der Waals surface area (Å²) in [5, 5.41) is 28.8. The first-order valence-electron chi connectivity index (χ1n) is 11.8. The van der Waals surface area contributed by atoms with E-state index in [1.165, 1.54) is 0 Å². The summed E-state index contributed by atoms with van der Waals surface area (Å²) < 4.78 is 24.4. The van der Waals surface area contributed by atoms with Crippen molar-refractivity contribution in [1.29, 1.82) is 0 Å². The Morgan fingerprint density at radius 3 is 2.06 bits per heavy atom. The minimum Gasteiger partial charge on any atom is -0.394 e. The minimum absolute atomic E-state index is 0.188. The highest BCUT2D eigenvalue weighted by Crippen LogP contribution is 2.34. The van der Waals surface area contributed by atoms with Gasteiger partial charge in [0.2, 0.25) is 0 Å². The Morgan fingerprint density at radius 2 is 1.56 bits per heavy atom. The molecular weight excluding hydrogens is 412 g/mol. The van der Waals surface area contributed by atoms with Crippen LogP contribution in [0.1, 0.15) is 68.2 Å². The molecule has 0 fully saturated rings. The third kappa shape index (κ3) is 11.5. The molecule has 0 amide bonds. The summed E-state index contributed by atoms with van der Waals surface area (Å²) in [6.45, 7) is 20.7. The van der Waals surface area contributed by atoms with E-state index >= 15 is 0 Å². The van der Waals surface area contributed by atoms with E-state index in [4.69, 9.17) is 24.1 Å². The number of hydrogen-bond donors (Lipinski definition) is 3. The molecule has 0 bridgehead atoms. The monoisotopic (exact) mass is 462 g/mol. The van der Waals surface area contributed by atoms with Crippen molar-refractivity contribution in [2.75, 3.05) is 33.0 Å². The zero-order valence-electron chi connectivity index (χ0n) is 21.7. The molecule has 5 unspecified atom stereocenters. The Labute approximate surface area is 196 Å². The second-order valence-corrected chi connectivity index (χ2v) is 10.2. The normalized spacial score (nSPS) is 17.8. The molecule has 0 saturated carbocycles. The van der Waals surface area contributed by atoms with Crippen molar-refractivity contribution >= 4 is 0 Å². The lowest BCUT2D eigenvalue weighted by Crippen LogP contribution is -2.51. The quantitative estimate of drug-likeness (QED) is 0.200. The second kappa shape index (κ2) is 15.4. The molecule has 0 rings (SSSR count). The van der Waals surface area contributed by atoms with E-state index in [1.807, 2.05) is 41.5 Å². The van der Waals surface area contributed by atoms with Gasteiger partial charge in [-0.25, -0.2) is 0 Å². The molecule has 7 heteroatoms. The predicted octanol–water partition coefficient (Wildman–Crippen LogP) is 3.34. The van der Waals surface area contributed by atoms with E-state index in [-0.39, 0.29) is 37.9 Å². The number of hydrogen-bond acceptors (Lipinski definition) is 7. The highest BCUT2D eigenvalue weighted by molar-refractivity contribution is 4.89. The summed E-state index contributed by atoms with van der Waals surface area (Å²) in [4.78, 5) is 0. The fourth-order valence-electron chi connectivity index (χ4n) is 3.24. The van der Waals surface area contributed by atoms with Crippen molar-refractivity contribution in [3.05, 3.63) is 12.7 Å². The molecule has 3 N–H and O–H groups in total. The van der Waals surface area contributed by atoms with Crippen LogP contribution in [-0.4, -0.2) is 84.5 Å². The van der Waals surface area contributed by atoms with E-state index in [0.717, 1.165) is 6.42 Å². The Kier molecular flexibility index (Phi) is 15.1. The molecule has 192 valence electrons. The van der Waals surface area contributed by atoms with Gasteiger partial charge in [-0.2, -0.15) is 0 Å². The van der Waals surface area contributed by atoms with Gasteiger partial charge in [0.05, 0.1) is 56.4 Å². The summed E-state index contributed by atoms with van der Waals surface area (Å²) in [5.41, 5.74) is -1.12. The molecule has 0 radical (unpaired) electrons. The summed E-state index contributed by atoms with van der Waals surface area (Å²) in [5.74, 6) is 0.550. The molecule has 0 aromatic rings. The predicted molar refractivity (Wildman–Crippen MR) is 128 cm³/mol. The average molecular weight is 463 g/mol. The fraction of sp³-hybridized carbons (Fsp3) is 0.920. The maximum absolute atomic E-state index is 10.0. The van der Waals surface area contributed by atoms with Gasteiger partial charge in [-0.05, 0) is 40.0 Å². The summed E-state index contributed by atoms with van der Waals surface area (Å²) in [6, 6.07) is 0. The van der Waals surface area contributed by atoms with Crippen LogP contribution in [0.2, 0.25) is 0 Å². The second-order valence-electron chi connectivity index (χ2n) is 10.2. The third-order valence-corrected chi connectivity index (χ3v) is 6.07.